The van der Waals surface area contributed by atoms with Gasteiger partial charge in [0, 0.05) is 11.6 Å². The van der Waals surface area contributed by atoms with Gasteiger partial charge in [-0.1, -0.05) is 12.1 Å². The topological polar surface area (TPSA) is 60.0 Å². The third kappa shape index (κ3) is 2.31. The highest BCUT2D eigenvalue weighted by molar-refractivity contribution is 5.77. The fraction of sp³-hybridized carbons (Fsp3) is 0.250. The number of nitrogens with zero attached hydrogens (tertiary/aromatic N) is 2. The minimum absolute atomic E-state index is 0.0591. The molecular formula is C16H15N3O2. The molecule has 0 fully saturated rings. The van der Waals surface area contributed by atoms with Gasteiger partial charge in [0.15, 0.2) is 11.5 Å². The second-order valence-corrected chi connectivity index (χ2v) is 5.10. The number of rotatable bonds is 3. The van der Waals surface area contributed by atoms with Gasteiger partial charge in [0.25, 0.3) is 0 Å². The first-order valence-corrected chi connectivity index (χ1v) is 7.05. The average Bonchev–Trinajstić information content (AvgIpc) is 3.02. The van der Waals surface area contributed by atoms with Crippen molar-refractivity contribution in [2.75, 3.05) is 6.61 Å². The first-order valence-electron chi connectivity index (χ1n) is 7.05. The molecule has 106 valence electrons. The lowest BCUT2D eigenvalue weighted by Crippen LogP contribution is -2.29. The molecule has 3 heterocycles. The molecule has 0 radical (unpaired) electrons. The molecule has 2 aromatic heterocycles. The van der Waals surface area contributed by atoms with Crippen LogP contribution in [0.25, 0.3) is 11.0 Å². The molecule has 0 amide bonds. The smallest absolute Gasteiger partial charge is 0.161 e. The van der Waals surface area contributed by atoms with Gasteiger partial charge in [0.1, 0.15) is 24.7 Å². The molecule has 0 bridgehead atoms. The van der Waals surface area contributed by atoms with Crippen molar-refractivity contribution in [2.45, 2.75) is 18.9 Å². The maximum atomic E-state index is 5.97. The molecule has 21 heavy (non-hydrogen) atoms. The normalized spacial score (nSPS) is 17.0. The number of para-hydroxylation sites is 2. The molecular weight excluding hydrogens is 266 g/mol. The second kappa shape index (κ2) is 5.09. The quantitative estimate of drug-likeness (QED) is 0.802. The second-order valence-electron chi connectivity index (χ2n) is 5.10. The highest BCUT2D eigenvalue weighted by Crippen LogP contribution is 2.31. The van der Waals surface area contributed by atoms with E-state index in [1.807, 2.05) is 36.5 Å². The zero-order chi connectivity index (χ0) is 14.1. The van der Waals surface area contributed by atoms with Gasteiger partial charge < -0.3 is 14.5 Å². The van der Waals surface area contributed by atoms with E-state index in [0.29, 0.717) is 6.61 Å². The Bertz CT molecular complexity index is 769. The van der Waals surface area contributed by atoms with Crippen molar-refractivity contribution in [3.8, 4) is 11.5 Å². The van der Waals surface area contributed by atoms with Crippen molar-refractivity contribution in [2.24, 2.45) is 0 Å². The van der Waals surface area contributed by atoms with Crippen molar-refractivity contribution < 1.29 is 9.47 Å². The number of benzene rings is 1. The number of fused-ring (bicyclic) bond motifs is 2. The summed E-state index contributed by atoms with van der Waals surface area (Å²) in [6, 6.07) is 9.79. The maximum Gasteiger partial charge on any atom is 0.161 e. The summed E-state index contributed by atoms with van der Waals surface area (Å²) in [4.78, 5) is 11.7. The Morgan fingerprint density at radius 3 is 3.00 bits per heavy atom. The van der Waals surface area contributed by atoms with Crippen LogP contribution in [0, 0.1) is 0 Å². The predicted octanol–water partition coefficient (Wildman–Crippen LogP) is 2.73. The Kier molecular flexibility index (Phi) is 2.96. The van der Waals surface area contributed by atoms with Crippen LogP contribution in [0.1, 0.15) is 12.1 Å². The number of nitrogens with one attached hydrogen (secondary N) is 1. The Morgan fingerprint density at radius 2 is 2.05 bits per heavy atom. The monoisotopic (exact) mass is 281 g/mol. The first kappa shape index (κ1) is 12.2. The summed E-state index contributed by atoms with van der Waals surface area (Å²) in [5.74, 6) is 1.65. The van der Waals surface area contributed by atoms with E-state index in [2.05, 4.69) is 15.0 Å². The Labute approximate surface area is 121 Å². The predicted molar refractivity (Wildman–Crippen MR) is 78.6 cm³/mol. The Morgan fingerprint density at radius 1 is 1.14 bits per heavy atom. The van der Waals surface area contributed by atoms with Crippen LogP contribution in [0.2, 0.25) is 0 Å². The summed E-state index contributed by atoms with van der Waals surface area (Å²) in [5.41, 5.74) is 1.93. The minimum atomic E-state index is 0.0591. The van der Waals surface area contributed by atoms with Crippen molar-refractivity contribution in [3.05, 3.63) is 48.5 Å². The van der Waals surface area contributed by atoms with Gasteiger partial charge >= 0.3 is 0 Å². The molecule has 0 aliphatic carbocycles. The molecule has 0 unspecified atom stereocenters. The third-order valence-electron chi connectivity index (χ3n) is 3.71. The SMILES string of the molecule is c1ccc2c(c1)OC[C@@H](CCc1ncnc3[nH]ccc13)O2. The van der Waals surface area contributed by atoms with Crippen LogP contribution in [-0.4, -0.2) is 27.7 Å². The molecule has 5 nitrogen and oxygen atoms in total. The summed E-state index contributed by atoms with van der Waals surface area (Å²) >= 11 is 0. The molecule has 1 aromatic carbocycles. The zero-order valence-corrected chi connectivity index (χ0v) is 11.5. The number of aromatic amines is 1. The van der Waals surface area contributed by atoms with E-state index >= 15 is 0 Å². The van der Waals surface area contributed by atoms with Crippen LogP contribution in [0.4, 0.5) is 0 Å². The van der Waals surface area contributed by atoms with Gasteiger partial charge in [0.2, 0.25) is 0 Å². The summed E-state index contributed by atoms with van der Waals surface area (Å²) < 4.78 is 11.7. The van der Waals surface area contributed by atoms with E-state index in [1.165, 1.54) is 0 Å². The Balaban J connectivity index is 1.47. The highest BCUT2D eigenvalue weighted by atomic mass is 16.6. The highest BCUT2D eigenvalue weighted by Gasteiger charge is 2.20. The van der Waals surface area contributed by atoms with Crippen molar-refractivity contribution in [1.29, 1.82) is 0 Å². The number of aromatic nitrogens is 3. The maximum absolute atomic E-state index is 5.97. The van der Waals surface area contributed by atoms with Crippen LogP contribution in [0.3, 0.4) is 0 Å². The largest absolute Gasteiger partial charge is 0.486 e. The van der Waals surface area contributed by atoms with E-state index in [4.69, 9.17) is 9.47 Å². The van der Waals surface area contributed by atoms with E-state index in [0.717, 1.165) is 41.1 Å². The van der Waals surface area contributed by atoms with Crippen LogP contribution < -0.4 is 9.47 Å². The van der Waals surface area contributed by atoms with Gasteiger partial charge in [-0.05, 0) is 31.0 Å². The van der Waals surface area contributed by atoms with Gasteiger partial charge in [-0.25, -0.2) is 9.97 Å². The number of hydrogen-bond donors (Lipinski definition) is 1. The van der Waals surface area contributed by atoms with Gasteiger partial charge in [-0.2, -0.15) is 0 Å². The molecule has 1 aliphatic rings. The van der Waals surface area contributed by atoms with Gasteiger partial charge in [-0.15, -0.1) is 0 Å². The summed E-state index contributed by atoms with van der Waals surface area (Å²) in [6.07, 6.45) is 5.25. The van der Waals surface area contributed by atoms with Crippen LogP contribution >= 0.6 is 0 Å². The van der Waals surface area contributed by atoms with Gasteiger partial charge in [0.05, 0.1) is 5.69 Å². The van der Waals surface area contributed by atoms with Crippen LogP contribution in [0.5, 0.6) is 11.5 Å². The zero-order valence-electron chi connectivity index (χ0n) is 11.5. The van der Waals surface area contributed by atoms with Crippen molar-refractivity contribution in [1.82, 2.24) is 15.0 Å². The van der Waals surface area contributed by atoms with Crippen LogP contribution in [-0.2, 0) is 6.42 Å². The molecule has 1 aliphatic heterocycles. The number of ether oxygens (including phenoxy) is 2. The third-order valence-corrected chi connectivity index (χ3v) is 3.71. The lowest BCUT2D eigenvalue weighted by Gasteiger charge is -2.26. The molecule has 3 aromatic rings. The molecule has 4 rings (SSSR count). The van der Waals surface area contributed by atoms with Gasteiger partial charge in [-0.3, -0.25) is 0 Å². The average molecular weight is 281 g/mol. The fourth-order valence-corrected chi connectivity index (χ4v) is 2.63. The lowest BCUT2D eigenvalue weighted by molar-refractivity contribution is 0.0850. The summed E-state index contributed by atoms with van der Waals surface area (Å²) in [5, 5.41) is 1.08. The fourth-order valence-electron chi connectivity index (χ4n) is 2.63. The summed E-state index contributed by atoms with van der Waals surface area (Å²) in [6.45, 7) is 0.582. The van der Waals surface area contributed by atoms with E-state index in [-0.39, 0.29) is 6.10 Å². The standard InChI is InChI=1S/C16H15N3O2/c1-2-4-15-14(3-1)20-9-11(21-15)5-6-13-12-7-8-17-16(12)19-10-18-13/h1-4,7-8,10-11H,5-6,9H2,(H,17,18,19)/t11-/m1/s1. The minimum Gasteiger partial charge on any atom is -0.486 e. The molecule has 1 N–H and O–H groups in total. The molecule has 1 atom stereocenters. The number of hydrogen-bond acceptors (Lipinski definition) is 4. The van der Waals surface area contributed by atoms with Crippen molar-refractivity contribution in [3.63, 3.8) is 0 Å². The lowest BCUT2D eigenvalue weighted by atomic mass is 10.1. The first-order chi connectivity index (χ1) is 10.4. The molecule has 0 saturated carbocycles. The van der Waals surface area contributed by atoms with E-state index in [9.17, 15) is 0 Å². The van der Waals surface area contributed by atoms with E-state index < -0.39 is 0 Å². The number of aryl methyl sites for hydroxylation is 1. The van der Waals surface area contributed by atoms with Crippen molar-refractivity contribution >= 4 is 11.0 Å². The van der Waals surface area contributed by atoms with Crippen LogP contribution in [0.15, 0.2) is 42.9 Å². The van der Waals surface area contributed by atoms with E-state index in [1.54, 1.807) is 6.33 Å². The number of H-pyrrole nitrogens is 1. The Hall–Kier alpha value is -2.56. The molecule has 0 spiro atoms. The summed E-state index contributed by atoms with van der Waals surface area (Å²) in [7, 11) is 0. The molecule has 5 heteroatoms. The molecule has 0 saturated heterocycles.